The van der Waals surface area contributed by atoms with Gasteiger partial charge >= 0.3 is 0 Å². The van der Waals surface area contributed by atoms with E-state index in [0.717, 1.165) is 37.4 Å². The Bertz CT molecular complexity index is 263. The standard InChI is InChI=1S/C11H18N2O/c1-14-8-3-2-7-13-11-6-4-5-10(12)9-11/h4-6,9,13H,2-3,7-8,12H2,1H3. The maximum absolute atomic E-state index is 5.65. The fourth-order valence-electron chi connectivity index (χ4n) is 1.25. The summed E-state index contributed by atoms with van der Waals surface area (Å²) in [6.45, 7) is 1.80. The third-order valence-electron chi connectivity index (χ3n) is 1.99. The van der Waals surface area contributed by atoms with E-state index in [1.54, 1.807) is 7.11 Å². The largest absolute Gasteiger partial charge is 0.399 e. The summed E-state index contributed by atoms with van der Waals surface area (Å²) in [5.41, 5.74) is 7.53. The number of ether oxygens (including phenoxy) is 1. The molecular weight excluding hydrogens is 176 g/mol. The Labute approximate surface area is 85.3 Å². The zero-order chi connectivity index (χ0) is 10.2. The van der Waals surface area contributed by atoms with Crippen molar-refractivity contribution in [3.05, 3.63) is 24.3 Å². The second-order valence-corrected chi connectivity index (χ2v) is 3.25. The van der Waals surface area contributed by atoms with Crippen molar-refractivity contribution in [3.8, 4) is 0 Å². The van der Waals surface area contributed by atoms with Crippen molar-refractivity contribution < 1.29 is 4.74 Å². The predicted octanol–water partition coefficient (Wildman–Crippen LogP) is 2.11. The molecule has 0 atom stereocenters. The molecule has 14 heavy (non-hydrogen) atoms. The average Bonchev–Trinajstić information content (AvgIpc) is 2.18. The van der Waals surface area contributed by atoms with Crippen LogP contribution in [0.15, 0.2) is 24.3 Å². The van der Waals surface area contributed by atoms with Crippen molar-refractivity contribution in [1.29, 1.82) is 0 Å². The molecule has 0 radical (unpaired) electrons. The van der Waals surface area contributed by atoms with Crippen molar-refractivity contribution in [2.24, 2.45) is 0 Å². The summed E-state index contributed by atoms with van der Waals surface area (Å²) < 4.78 is 4.97. The molecule has 0 unspecified atom stereocenters. The second kappa shape index (κ2) is 6.27. The van der Waals surface area contributed by atoms with Crippen molar-refractivity contribution in [3.63, 3.8) is 0 Å². The van der Waals surface area contributed by atoms with Gasteiger partial charge in [0.15, 0.2) is 0 Å². The van der Waals surface area contributed by atoms with Crippen LogP contribution >= 0.6 is 0 Å². The molecule has 0 aliphatic heterocycles. The van der Waals surface area contributed by atoms with Crippen LogP contribution in [0, 0.1) is 0 Å². The van der Waals surface area contributed by atoms with Gasteiger partial charge in [-0.15, -0.1) is 0 Å². The van der Waals surface area contributed by atoms with E-state index in [2.05, 4.69) is 5.32 Å². The number of nitrogens with one attached hydrogen (secondary N) is 1. The van der Waals surface area contributed by atoms with Gasteiger partial charge in [-0.3, -0.25) is 0 Å². The van der Waals surface area contributed by atoms with Crippen LogP contribution in [0.4, 0.5) is 11.4 Å². The Morgan fingerprint density at radius 1 is 1.36 bits per heavy atom. The van der Waals surface area contributed by atoms with Crippen molar-refractivity contribution in [2.75, 3.05) is 31.3 Å². The van der Waals surface area contributed by atoms with Gasteiger partial charge in [0.2, 0.25) is 0 Å². The van der Waals surface area contributed by atoms with Crippen LogP contribution in [-0.2, 0) is 4.74 Å². The lowest BCUT2D eigenvalue weighted by Crippen LogP contribution is -2.03. The van der Waals surface area contributed by atoms with Crippen LogP contribution in [0.25, 0.3) is 0 Å². The first-order valence-corrected chi connectivity index (χ1v) is 4.91. The molecule has 0 aromatic heterocycles. The second-order valence-electron chi connectivity index (χ2n) is 3.25. The van der Waals surface area contributed by atoms with Crippen LogP contribution < -0.4 is 11.1 Å². The molecule has 1 aromatic rings. The van der Waals surface area contributed by atoms with Crippen molar-refractivity contribution >= 4 is 11.4 Å². The predicted molar refractivity (Wildman–Crippen MR) is 60.5 cm³/mol. The van der Waals surface area contributed by atoms with E-state index in [1.165, 1.54) is 0 Å². The first kappa shape index (κ1) is 10.9. The molecule has 0 bridgehead atoms. The van der Waals surface area contributed by atoms with Crippen molar-refractivity contribution in [1.82, 2.24) is 0 Å². The Balaban J connectivity index is 2.18. The fourth-order valence-corrected chi connectivity index (χ4v) is 1.25. The minimum Gasteiger partial charge on any atom is -0.399 e. The Kier molecular flexibility index (Phi) is 4.86. The molecule has 3 heteroatoms. The van der Waals surface area contributed by atoms with Gasteiger partial charge < -0.3 is 15.8 Å². The van der Waals surface area contributed by atoms with Crippen LogP contribution in [0.1, 0.15) is 12.8 Å². The highest BCUT2D eigenvalue weighted by Crippen LogP contribution is 2.11. The van der Waals surface area contributed by atoms with Gasteiger partial charge in [-0.1, -0.05) is 6.07 Å². The van der Waals surface area contributed by atoms with Crippen molar-refractivity contribution in [2.45, 2.75) is 12.8 Å². The summed E-state index contributed by atoms with van der Waals surface area (Å²) >= 11 is 0. The fraction of sp³-hybridized carbons (Fsp3) is 0.455. The number of methoxy groups -OCH3 is 1. The van der Waals surface area contributed by atoms with Gasteiger partial charge in [-0.2, -0.15) is 0 Å². The van der Waals surface area contributed by atoms with E-state index in [0.29, 0.717) is 0 Å². The number of nitrogen functional groups attached to an aromatic ring is 1. The molecule has 0 aliphatic rings. The summed E-state index contributed by atoms with van der Waals surface area (Å²) in [6.07, 6.45) is 2.20. The van der Waals surface area contributed by atoms with Crippen LogP contribution in [-0.4, -0.2) is 20.3 Å². The zero-order valence-corrected chi connectivity index (χ0v) is 8.62. The third-order valence-corrected chi connectivity index (χ3v) is 1.99. The first-order valence-electron chi connectivity index (χ1n) is 4.91. The molecule has 0 heterocycles. The molecule has 0 fully saturated rings. The van der Waals surface area contributed by atoms with Gasteiger partial charge in [0.1, 0.15) is 0 Å². The number of benzene rings is 1. The Morgan fingerprint density at radius 3 is 2.93 bits per heavy atom. The van der Waals surface area contributed by atoms with Gasteiger partial charge in [-0.05, 0) is 31.0 Å². The van der Waals surface area contributed by atoms with Crippen LogP contribution in [0.2, 0.25) is 0 Å². The number of unbranched alkanes of at least 4 members (excludes halogenated alkanes) is 1. The molecule has 0 spiro atoms. The molecule has 0 amide bonds. The van der Waals surface area contributed by atoms with Gasteiger partial charge in [-0.25, -0.2) is 0 Å². The lowest BCUT2D eigenvalue weighted by atomic mass is 10.2. The highest BCUT2D eigenvalue weighted by atomic mass is 16.5. The number of nitrogens with two attached hydrogens (primary N) is 1. The zero-order valence-electron chi connectivity index (χ0n) is 8.62. The summed E-state index contributed by atoms with van der Waals surface area (Å²) in [5.74, 6) is 0. The molecule has 0 saturated heterocycles. The summed E-state index contributed by atoms with van der Waals surface area (Å²) in [6, 6.07) is 7.80. The van der Waals surface area contributed by atoms with Crippen LogP contribution in [0.5, 0.6) is 0 Å². The highest BCUT2D eigenvalue weighted by Gasteiger charge is 1.92. The van der Waals surface area contributed by atoms with E-state index in [4.69, 9.17) is 10.5 Å². The minimum atomic E-state index is 0.798. The topological polar surface area (TPSA) is 47.3 Å². The Hall–Kier alpha value is -1.22. The molecule has 78 valence electrons. The third kappa shape index (κ3) is 4.14. The molecule has 1 aromatic carbocycles. The summed E-state index contributed by atoms with van der Waals surface area (Å²) in [4.78, 5) is 0. The SMILES string of the molecule is COCCCCNc1cccc(N)c1. The summed E-state index contributed by atoms with van der Waals surface area (Å²) in [7, 11) is 1.73. The Morgan fingerprint density at radius 2 is 2.21 bits per heavy atom. The number of hydrogen-bond acceptors (Lipinski definition) is 3. The van der Waals surface area contributed by atoms with E-state index >= 15 is 0 Å². The first-order chi connectivity index (χ1) is 6.83. The number of anilines is 2. The highest BCUT2D eigenvalue weighted by molar-refractivity contribution is 5.53. The molecule has 1 rings (SSSR count). The minimum absolute atomic E-state index is 0.798. The van der Waals surface area contributed by atoms with E-state index in [9.17, 15) is 0 Å². The van der Waals surface area contributed by atoms with Crippen LogP contribution in [0.3, 0.4) is 0 Å². The smallest absolute Gasteiger partial charge is 0.0462 e. The lowest BCUT2D eigenvalue weighted by Gasteiger charge is -2.06. The van der Waals surface area contributed by atoms with Gasteiger partial charge in [0.05, 0.1) is 0 Å². The normalized spacial score (nSPS) is 10.1. The molecular formula is C11H18N2O. The van der Waals surface area contributed by atoms with Gasteiger partial charge in [0.25, 0.3) is 0 Å². The summed E-state index contributed by atoms with van der Waals surface area (Å²) in [5, 5.41) is 3.31. The molecule has 3 nitrogen and oxygen atoms in total. The molecule has 3 N–H and O–H groups in total. The quantitative estimate of drug-likeness (QED) is 0.538. The number of rotatable bonds is 6. The van der Waals surface area contributed by atoms with E-state index in [1.807, 2.05) is 24.3 Å². The van der Waals surface area contributed by atoms with E-state index < -0.39 is 0 Å². The lowest BCUT2D eigenvalue weighted by molar-refractivity contribution is 0.194. The van der Waals surface area contributed by atoms with E-state index in [-0.39, 0.29) is 0 Å². The number of hydrogen-bond donors (Lipinski definition) is 2. The monoisotopic (exact) mass is 194 g/mol. The maximum atomic E-state index is 5.65. The maximum Gasteiger partial charge on any atom is 0.0462 e. The average molecular weight is 194 g/mol. The van der Waals surface area contributed by atoms with Gasteiger partial charge in [0, 0.05) is 31.6 Å². The molecule has 0 aliphatic carbocycles. The molecule has 0 saturated carbocycles.